The molecule has 0 saturated carbocycles. The highest BCUT2D eigenvalue weighted by atomic mass is 35.5. The van der Waals surface area contributed by atoms with Crippen LogP contribution >= 0.6 is 23.2 Å². The molecule has 1 aromatic carbocycles. The number of amides is 1. The van der Waals surface area contributed by atoms with Crippen LogP contribution in [-0.2, 0) is 11.2 Å². The molecule has 0 saturated heterocycles. The summed E-state index contributed by atoms with van der Waals surface area (Å²) in [5.41, 5.74) is 1.30. The Morgan fingerprint density at radius 2 is 2.17 bits per heavy atom. The fourth-order valence-electron chi connectivity index (χ4n) is 1.42. The standard InChI is InChI=1S/C12H10Cl2N2O2/c1-7-11(18-6-15-7)5-12(17)16-8-2-3-9(13)10(14)4-8/h2-4,6H,5H2,1H3,(H,16,17). The molecule has 0 spiro atoms. The van der Waals surface area contributed by atoms with E-state index in [9.17, 15) is 4.79 Å². The van der Waals surface area contributed by atoms with E-state index < -0.39 is 0 Å². The van der Waals surface area contributed by atoms with Crippen molar-refractivity contribution in [1.29, 1.82) is 0 Å². The summed E-state index contributed by atoms with van der Waals surface area (Å²) < 4.78 is 5.10. The number of hydrogen-bond acceptors (Lipinski definition) is 3. The van der Waals surface area contributed by atoms with Crippen molar-refractivity contribution in [2.45, 2.75) is 13.3 Å². The molecule has 0 radical (unpaired) electrons. The largest absolute Gasteiger partial charge is 0.448 e. The Morgan fingerprint density at radius 3 is 2.78 bits per heavy atom. The zero-order valence-corrected chi connectivity index (χ0v) is 11.0. The number of aryl methyl sites for hydroxylation is 1. The maximum Gasteiger partial charge on any atom is 0.232 e. The molecule has 0 aliphatic heterocycles. The van der Waals surface area contributed by atoms with Crippen LogP contribution in [0.5, 0.6) is 0 Å². The highest BCUT2D eigenvalue weighted by molar-refractivity contribution is 6.42. The minimum Gasteiger partial charge on any atom is -0.448 e. The summed E-state index contributed by atoms with van der Waals surface area (Å²) in [7, 11) is 0. The number of nitrogens with one attached hydrogen (secondary N) is 1. The van der Waals surface area contributed by atoms with Gasteiger partial charge in [-0.25, -0.2) is 4.98 Å². The van der Waals surface area contributed by atoms with Gasteiger partial charge in [-0.2, -0.15) is 0 Å². The molecule has 0 aliphatic carbocycles. The van der Waals surface area contributed by atoms with E-state index in [0.717, 1.165) is 0 Å². The molecule has 0 fully saturated rings. The van der Waals surface area contributed by atoms with Gasteiger partial charge in [0.2, 0.25) is 5.91 Å². The second kappa shape index (κ2) is 5.42. The van der Waals surface area contributed by atoms with E-state index in [1.165, 1.54) is 6.39 Å². The summed E-state index contributed by atoms with van der Waals surface area (Å²) in [6.07, 6.45) is 1.45. The third kappa shape index (κ3) is 3.03. The van der Waals surface area contributed by atoms with Gasteiger partial charge >= 0.3 is 0 Å². The number of carbonyl (C=O) groups excluding carboxylic acids is 1. The lowest BCUT2D eigenvalue weighted by Gasteiger charge is -2.05. The van der Waals surface area contributed by atoms with Crippen molar-refractivity contribution in [2.75, 3.05) is 5.32 Å². The third-order valence-electron chi connectivity index (χ3n) is 2.37. The lowest BCUT2D eigenvalue weighted by molar-refractivity contribution is -0.115. The molecule has 0 bridgehead atoms. The molecule has 2 rings (SSSR count). The van der Waals surface area contributed by atoms with Gasteiger partial charge in [0.05, 0.1) is 22.2 Å². The Kier molecular flexibility index (Phi) is 3.89. The summed E-state index contributed by atoms with van der Waals surface area (Å²) >= 11 is 11.6. The molecular formula is C12H10Cl2N2O2. The fourth-order valence-corrected chi connectivity index (χ4v) is 1.72. The van der Waals surface area contributed by atoms with Gasteiger partial charge in [0, 0.05) is 5.69 Å². The first-order valence-electron chi connectivity index (χ1n) is 5.20. The van der Waals surface area contributed by atoms with Crippen LogP contribution in [0.2, 0.25) is 10.0 Å². The molecule has 2 aromatic rings. The normalized spacial score (nSPS) is 10.4. The predicted octanol–water partition coefficient (Wildman–Crippen LogP) is 3.47. The Bertz CT molecular complexity index is 581. The number of carbonyl (C=O) groups is 1. The van der Waals surface area contributed by atoms with Gasteiger partial charge in [-0.3, -0.25) is 4.79 Å². The van der Waals surface area contributed by atoms with Crippen molar-refractivity contribution in [3.63, 3.8) is 0 Å². The quantitative estimate of drug-likeness (QED) is 0.939. The van der Waals surface area contributed by atoms with Gasteiger partial charge in [0.25, 0.3) is 0 Å². The van der Waals surface area contributed by atoms with Crippen LogP contribution in [0.15, 0.2) is 29.0 Å². The van der Waals surface area contributed by atoms with E-state index in [-0.39, 0.29) is 12.3 Å². The predicted molar refractivity (Wildman–Crippen MR) is 70.0 cm³/mol. The van der Waals surface area contributed by atoms with E-state index in [0.29, 0.717) is 27.2 Å². The molecule has 1 heterocycles. The zero-order chi connectivity index (χ0) is 13.1. The molecule has 6 heteroatoms. The highest BCUT2D eigenvalue weighted by Gasteiger charge is 2.10. The van der Waals surface area contributed by atoms with Crippen molar-refractivity contribution in [3.8, 4) is 0 Å². The molecule has 0 unspecified atom stereocenters. The van der Waals surface area contributed by atoms with Crippen molar-refractivity contribution in [2.24, 2.45) is 0 Å². The first-order chi connectivity index (χ1) is 8.56. The van der Waals surface area contributed by atoms with Gasteiger partial charge in [-0.05, 0) is 25.1 Å². The zero-order valence-electron chi connectivity index (χ0n) is 9.54. The minimum absolute atomic E-state index is 0.131. The van der Waals surface area contributed by atoms with Crippen LogP contribution in [0.3, 0.4) is 0 Å². The smallest absolute Gasteiger partial charge is 0.232 e. The van der Waals surface area contributed by atoms with Crippen molar-refractivity contribution < 1.29 is 9.21 Å². The summed E-state index contributed by atoms with van der Waals surface area (Å²) in [5.74, 6) is 0.348. The molecule has 1 N–H and O–H groups in total. The Labute approximate surface area is 114 Å². The number of halogens is 2. The molecule has 1 aromatic heterocycles. The van der Waals surface area contributed by atoms with E-state index in [4.69, 9.17) is 27.6 Å². The monoisotopic (exact) mass is 284 g/mol. The van der Waals surface area contributed by atoms with Crippen molar-refractivity contribution in [1.82, 2.24) is 4.98 Å². The van der Waals surface area contributed by atoms with Crippen molar-refractivity contribution in [3.05, 3.63) is 46.1 Å². The van der Waals surface area contributed by atoms with Gasteiger partial charge in [0.15, 0.2) is 6.39 Å². The van der Waals surface area contributed by atoms with Crippen LogP contribution in [0.25, 0.3) is 0 Å². The van der Waals surface area contributed by atoms with Crippen LogP contribution in [0.1, 0.15) is 11.5 Å². The summed E-state index contributed by atoms with van der Waals surface area (Å²) in [4.78, 5) is 15.7. The number of nitrogens with zero attached hydrogens (tertiary/aromatic N) is 1. The number of oxazole rings is 1. The van der Waals surface area contributed by atoms with Crippen LogP contribution in [-0.4, -0.2) is 10.9 Å². The van der Waals surface area contributed by atoms with Gasteiger partial charge in [-0.1, -0.05) is 23.2 Å². The minimum atomic E-state index is -0.201. The Hall–Kier alpha value is -1.52. The maximum absolute atomic E-state index is 11.8. The average molecular weight is 285 g/mol. The van der Waals surface area contributed by atoms with E-state index in [1.54, 1.807) is 25.1 Å². The third-order valence-corrected chi connectivity index (χ3v) is 3.11. The molecule has 0 atom stereocenters. The van der Waals surface area contributed by atoms with Gasteiger partial charge in [0.1, 0.15) is 5.76 Å². The number of rotatable bonds is 3. The van der Waals surface area contributed by atoms with Gasteiger partial charge < -0.3 is 9.73 Å². The lowest BCUT2D eigenvalue weighted by atomic mass is 10.2. The molecule has 94 valence electrons. The first-order valence-corrected chi connectivity index (χ1v) is 5.95. The number of anilines is 1. The highest BCUT2D eigenvalue weighted by Crippen LogP contribution is 2.25. The molecule has 4 nitrogen and oxygen atoms in total. The lowest BCUT2D eigenvalue weighted by Crippen LogP contribution is -2.14. The molecule has 1 amide bonds. The number of aromatic nitrogens is 1. The maximum atomic E-state index is 11.8. The molecule has 0 aliphatic rings. The van der Waals surface area contributed by atoms with Crippen LogP contribution in [0, 0.1) is 6.92 Å². The topological polar surface area (TPSA) is 55.1 Å². The average Bonchev–Trinajstić information content (AvgIpc) is 2.70. The number of benzene rings is 1. The molecular weight excluding hydrogens is 275 g/mol. The van der Waals surface area contributed by atoms with E-state index >= 15 is 0 Å². The second-order valence-corrected chi connectivity index (χ2v) is 4.53. The van der Waals surface area contributed by atoms with E-state index in [1.807, 2.05) is 0 Å². The Morgan fingerprint density at radius 1 is 1.39 bits per heavy atom. The second-order valence-electron chi connectivity index (χ2n) is 3.71. The fraction of sp³-hybridized carbons (Fsp3) is 0.167. The summed E-state index contributed by atoms with van der Waals surface area (Å²) in [5, 5.41) is 3.54. The molecule has 18 heavy (non-hydrogen) atoms. The SMILES string of the molecule is Cc1ncoc1CC(=O)Nc1ccc(Cl)c(Cl)c1. The van der Waals surface area contributed by atoms with Crippen molar-refractivity contribution >= 4 is 34.8 Å². The summed E-state index contributed by atoms with van der Waals surface area (Å²) in [6.45, 7) is 1.78. The van der Waals surface area contributed by atoms with Gasteiger partial charge in [-0.15, -0.1) is 0 Å². The van der Waals surface area contributed by atoms with Crippen LogP contribution in [0.4, 0.5) is 5.69 Å². The Balaban J connectivity index is 2.03. The summed E-state index contributed by atoms with van der Waals surface area (Å²) in [6, 6.07) is 4.90. The van der Waals surface area contributed by atoms with E-state index in [2.05, 4.69) is 10.3 Å². The first kappa shape index (κ1) is 12.9. The number of hydrogen-bond donors (Lipinski definition) is 1. The van der Waals surface area contributed by atoms with Crippen LogP contribution < -0.4 is 5.32 Å².